The van der Waals surface area contributed by atoms with Gasteiger partial charge in [-0.15, -0.1) is 0 Å². The topological polar surface area (TPSA) is 0 Å². The Morgan fingerprint density at radius 2 is 0.510 bits per heavy atom. The third kappa shape index (κ3) is 8.27. The van der Waals surface area contributed by atoms with E-state index >= 15 is 0 Å². The van der Waals surface area contributed by atoms with E-state index in [9.17, 15) is 0 Å². The Hall–Kier alpha value is -3.90. The van der Waals surface area contributed by atoms with Gasteiger partial charge >= 0.3 is 0 Å². The minimum atomic E-state index is 0.101. The van der Waals surface area contributed by atoms with Crippen LogP contribution in [0, 0.1) is 20.8 Å². The van der Waals surface area contributed by atoms with E-state index in [4.69, 9.17) is 0 Å². The van der Waals surface area contributed by atoms with Crippen LogP contribution in [0.5, 0.6) is 0 Å². The monoisotopic (exact) mass is 677 g/mol. The predicted molar refractivity (Wildman–Crippen MR) is 223 cm³/mol. The minimum Gasteiger partial charge on any atom is -0.0582 e. The standard InChI is InChI=1S/C51H64/c1-33-32-34(2)45(47(38-20-28-42(29-21-38)50(10,11)12)39-22-30-43(31-23-39)51(13,14)15)35(3)44(33)46(36-16-24-40(25-17-36)48(4,5)6)37-18-26-41(27-19-37)49(7,8)9/h16-32,46-47H,1-15H3. The molecule has 0 amide bonds. The Labute approximate surface area is 311 Å². The van der Waals surface area contributed by atoms with E-state index in [1.54, 1.807) is 0 Å². The summed E-state index contributed by atoms with van der Waals surface area (Å²) in [6, 6.07) is 40.3. The fraction of sp³-hybridized carbons (Fsp3) is 0.412. The van der Waals surface area contributed by atoms with Gasteiger partial charge in [0.2, 0.25) is 0 Å². The van der Waals surface area contributed by atoms with E-state index in [0.717, 1.165) is 0 Å². The van der Waals surface area contributed by atoms with Crippen LogP contribution in [0.2, 0.25) is 0 Å². The van der Waals surface area contributed by atoms with Crippen LogP contribution in [0.3, 0.4) is 0 Å². The molecule has 0 heterocycles. The van der Waals surface area contributed by atoms with E-state index in [0.29, 0.717) is 0 Å². The molecule has 268 valence electrons. The fourth-order valence-corrected chi connectivity index (χ4v) is 7.86. The van der Waals surface area contributed by atoms with E-state index < -0.39 is 0 Å². The molecule has 0 aliphatic heterocycles. The minimum absolute atomic E-state index is 0.101. The van der Waals surface area contributed by atoms with Crippen LogP contribution in [0.1, 0.15) is 167 Å². The smallest absolute Gasteiger partial charge is 0.0345 e. The van der Waals surface area contributed by atoms with E-state index in [1.165, 1.54) is 72.3 Å². The normalized spacial score (nSPS) is 13.0. The second kappa shape index (κ2) is 13.9. The maximum Gasteiger partial charge on any atom is 0.0345 e. The molecule has 0 aliphatic carbocycles. The van der Waals surface area contributed by atoms with Crippen LogP contribution in [-0.2, 0) is 21.7 Å². The fourth-order valence-electron chi connectivity index (χ4n) is 7.86. The molecular weight excluding hydrogens is 613 g/mol. The third-order valence-electron chi connectivity index (χ3n) is 11.1. The highest BCUT2D eigenvalue weighted by Crippen LogP contribution is 2.44. The summed E-state index contributed by atoms with van der Waals surface area (Å²) in [5.41, 5.74) is 18.2. The van der Waals surface area contributed by atoms with Crippen molar-refractivity contribution >= 4 is 0 Å². The molecule has 51 heavy (non-hydrogen) atoms. The van der Waals surface area contributed by atoms with Gasteiger partial charge in [0.15, 0.2) is 0 Å². The summed E-state index contributed by atoms with van der Waals surface area (Å²) in [4.78, 5) is 0. The van der Waals surface area contributed by atoms with Gasteiger partial charge in [-0.1, -0.05) is 186 Å². The number of benzene rings is 5. The highest BCUT2D eigenvalue weighted by Gasteiger charge is 2.29. The average molecular weight is 677 g/mol. The number of aryl methyl sites for hydroxylation is 2. The summed E-state index contributed by atoms with van der Waals surface area (Å²) in [7, 11) is 0. The van der Waals surface area contributed by atoms with Crippen LogP contribution in [0.25, 0.3) is 0 Å². The molecule has 0 atom stereocenters. The Morgan fingerprint density at radius 1 is 0.314 bits per heavy atom. The van der Waals surface area contributed by atoms with Gasteiger partial charge in [-0.2, -0.15) is 0 Å². The average Bonchev–Trinajstić information content (AvgIpc) is 3.03. The first-order valence-corrected chi connectivity index (χ1v) is 19.1. The van der Waals surface area contributed by atoms with Gasteiger partial charge in [-0.25, -0.2) is 0 Å². The van der Waals surface area contributed by atoms with Gasteiger partial charge in [0.05, 0.1) is 0 Å². The highest BCUT2D eigenvalue weighted by atomic mass is 14.3. The zero-order valence-electron chi connectivity index (χ0n) is 34.5. The Bertz CT molecular complexity index is 1680. The molecule has 0 nitrogen and oxygen atoms in total. The van der Waals surface area contributed by atoms with Crippen LogP contribution >= 0.6 is 0 Å². The molecule has 0 heteroatoms. The van der Waals surface area contributed by atoms with Gasteiger partial charge in [0.25, 0.3) is 0 Å². The zero-order valence-corrected chi connectivity index (χ0v) is 34.5. The molecular formula is C51H64. The molecule has 0 saturated heterocycles. The van der Waals surface area contributed by atoms with Crippen molar-refractivity contribution in [2.45, 2.75) is 137 Å². The van der Waals surface area contributed by atoms with Crippen molar-refractivity contribution in [1.29, 1.82) is 0 Å². The first-order chi connectivity index (χ1) is 23.6. The van der Waals surface area contributed by atoms with Crippen molar-refractivity contribution in [2.75, 3.05) is 0 Å². The lowest BCUT2D eigenvalue weighted by Crippen LogP contribution is -2.16. The largest absolute Gasteiger partial charge is 0.0582 e. The molecule has 5 aromatic rings. The Morgan fingerprint density at radius 3 is 0.686 bits per heavy atom. The zero-order chi connectivity index (χ0) is 37.7. The molecule has 0 N–H and O–H groups in total. The number of rotatable bonds is 6. The second-order valence-corrected chi connectivity index (χ2v) is 19.3. The summed E-state index contributed by atoms with van der Waals surface area (Å²) in [5.74, 6) is 0.221. The van der Waals surface area contributed by atoms with Gasteiger partial charge in [-0.05, 0) is 115 Å². The van der Waals surface area contributed by atoms with Crippen LogP contribution in [-0.4, -0.2) is 0 Å². The maximum atomic E-state index is 2.46. The molecule has 0 aromatic heterocycles. The highest BCUT2D eigenvalue weighted by molar-refractivity contribution is 5.59. The van der Waals surface area contributed by atoms with Crippen molar-refractivity contribution in [3.63, 3.8) is 0 Å². The number of hydrogen-bond donors (Lipinski definition) is 0. The molecule has 0 unspecified atom stereocenters. The lowest BCUT2D eigenvalue weighted by Gasteiger charge is -2.31. The van der Waals surface area contributed by atoms with Gasteiger partial charge in [0.1, 0.15) is 0 Å². The first-order valence-electron chi connectivity index (χ1n) is 19.1. The molecule has 5 aromatic carbocycles. The van der Waals surface area contributed by atoms with Gasteiger partial charge < -0.3 is 0 Å². The SMILES string of the molecule is Cc1cc(C)c(C(c2ccc(C(C)(C)C)cc2)c2ccc(C(C)(C)C)cc2)c(C)c1C(c1ccc(C(C)(C)C)cc1)c1ccc(C(C)(C)C)cc1. The molecule has 0 saturated carbocycles. The summed E-state index contributed by atoms with van der Waals surface area (Å²) in [6.45, 7) is 34.6. The Kier molecular flexibility index (Phi) is 10.5. The molecule has 0 spiro atoms. The molecule has 0 aliphatic rings. The first kappa shape index (κ1) is 38.3. The quantitative estimate of drug-likeness (QED) is 0.157. The van der Waals surface area contributed by atoms with Crippen molar-refractivity contribution in [1.82, 2.24) is 0 Å². The summed E-state index contributed by atoms with van der Waals surface area (Å²) in [6.07, 6.45) is 0. The van der Waals surface area contributed by atoms with E-state index in [-0.39, 0.29) is 33.5 Å². The maximum absolute atomic E-state index is 2.46. The number of hydrogen-bond acceptors (Lipinski definition) is 0. The third-order valence-corrected chi connectivity index (χ3v) is 11.1. The second-order valence-electron chi connectivity index (χ2n) is 19.3. The van der Waals surface area contributed by atoms with Crippen LogP contribution in [0.4, 0.5) is 0 Å². The van der Waals surface area contributed by atoms with Gasteiger partial charge in [0, 0.05) is 11.8 Å². The van der Waals surface area contributed by atoms with Crippen LogP contribution < -0.4 is 0 Å². The molecule has 5 rings (SSSR count). The van der Waals surface area contributed by atoms with Crippen molar-refractivity contribution in [3.05, 3.63) is 175 Å². The Balaban J connectivity index is 1.78. The van der Waals surface area contributed by atoms with E-state index in [1.807, 2.05) is 0 Å². The van der Waals surface area contributed by atoms with Crippen molar-refractivity contribution < 1.29 is 0 Å². The van der Waals surface area contributed by atoms with Crippen molar-refractivity contribution in [2.24, 2.45) is 0 Å². The molecule has 0 radical (unpaired) electrons. The summed E-state index contributed by atoms with van der Waals surface area (Å²) in [5, 5.41) is 0. The van der Waals surface area contributed by atoms with Gasteiger partial charge in [-0.3, -0.25) is 0 Å². The van der Waals surface area contributed by atoms with Crippen LogP contribution in [0.15, 0.2) is 103 Å². The molecule has 0 bridgehead atoms. The van der Waals surface area contributed by atoms with Crippen molar-refractivity contribution in [3.8, 4) is 0 Å². The summed E-state index contributed by atoms with van der Waals surface area (Å²) < 4.78 is 0. The lowest BCUT2D eigenvalue weighted by atomic mass is 9.73. The molecule has 0 fully saturated rings. The predicted octanol–water partition coefficient (Wildman–Crippen LogP) is 14.2. The lowest BCUT2D eigenvalue weighted by molar-refractivity contribution is 0.589. The van der Waals surface area contributed by atoms with E-state index in [2.05, 4.69) is 207 Å². The summed E-state index contributed by atoms with van der Waals surface area (Å²) >= 11 is 0.